The van der Waals surface area contributed by atoms with Crippen molar-refractivity contribution < 1.29 is 4.74 Å². The minimum absolute atomic E-state index is 0.806. The van der Waals surface area contributed by atoms with Crippen molar-refractivity contribution in [2.24, 2.45) is 0 Å². The van der Waals surface area contributed by atoms with Crippen molar-refractivity contribution in [3.63, 3.8) is 0 Å². The Labute approximate surface area is 111 Å². The van der Waals surface area contributed by atoms with Crippen molar-refractivity contribution in [3.8, 4) is 5.75 Å². The maximum Gasteiger partial charge on any atom is 0.122 e. The summed E-state index contributed by atoms with van der Waals surface area (Å²) in [5.41, 5.74) is 3.77. The molecule has 3 heteroatoms. The SMILES string of the molecule is c1ccc2c(c1)cnn2Cc1ccc2c(c1)CCO2. The first-order valence-electron chi connectivity index (χ1n) is 6.55. The molecule has 4 rings (SSSR count). The molecule has 0 saturated heterocycles. The van der Waals surface area contributed by atoms with Gasteiger partial charge in [0, 0.05) is 11.8 Å². The normalized spacial score (nSPS) is 13.5. The molecule has 0 radical (unpaired) electrons. The highest BCUT2D eigenvalue weighted by Gasteiger charge is 2.12. The molecule has 3 aromatic rings. The molecule has 94 valence electrons. The van der Waals surface area contributed by atoms with Crippen LogP contribution in [0.25, 0.3) is 10.9 Å². The fourth-order valence-corrected chi connectivity index (χ4v) is 2.66. The zero-order valence-corrected chi connectivity index (χ0v) is 10.5. The molecule has 0 unspecified atom stereocenters. The summed E-state index contributed by atoms with van der Waals surface area (Å²) < 4.78 is 7.58. The predicted molar refractivity (Wildman–Crippen MR) is 74.5 cm³/mol. The Kier molecular flexibility index (Phi) is 2.30. The Morgan fingerprint density at radius 3 is 3.11 bits per heavy atom. The largest absolute Gasteiger partial charge is 0.493 e. The van der Waals surface area contributed by atoms with Gasteiger partial charge in [-0.25, -0.2) is 0 Å². The van der Waals surface area contributed by atoms with E-state index < -0.39 is 0 Å². The summed E-state index contributed by atoms with van der Waals surface area (Å²) in [6.07, 6.45) is 2.94. The molecule has 0 saturated carbocycles. The van der Waals surface area contributed by atoms with E-state index in [2.05, 4.69) is 41.5 Å². The van der Waals surface area contributed by atoms with E-state index in [1.165, 1.54) is 22.0 Å². The Morgan fingerprint density at radius 1 is 1.16 bits per heavy atom. The topological polar surface area (TPSA) is 27.1 Å². The quantitative estimate of drug-likeness (QED) is 0.699. The molecular weight excluding hydrogens is 236 g/mol. The highest BCUT2D eigenvalue weighted by atomic mass is 16.5. The minimum atomic E-state index is 0.806. The van der Waals surface area contributed by atoms with E-state index in [1.54, 1.807) is 0 Å². The lowest BCUT2D eigenvalue weighted by atomic mass is 10.1. The van der Waals surface area contributed by atoms with Crippen LogP contribution in [0.2, 0.25) is 0 Å². The van der Waals surface area contributed by atoms with E-state index in [1.807, 2.05) is 16.9 Å². The molecule has 1 aromatic heterocycles. The number of para-hydroxylation sites is 1. The second-order valence-corrected chi connectivity index (χ2v) is 4.90. The van der Waals surface area contributed by atoms with Gasteiger partial charge in [0.15, 0.2) is 0 Å². The minimum Gasteiger partial charge on any atom is -0.493 e. The van der Waals surface area contributed by atoms with Gasteiger partial charge in [-0.3, -0.25) is 4.68 Å². The first kappa shape index (κ1) is 10.6. The van der Waals surface area contributed by atoms with Crippen LogP contribution in [0.3, 0.4) is 0 Å². The highest BCUT2D eigenvalue weighted by Crippen LogP contribution is 2.26. The van der Waals surface area contributed by atoms with Gasteiger partial charge in [-0.05, 0) is 23.3 Å². The van der Waals surface area contributed by atoms with Crippen LogP contribution in [0, 0.1) is 0 Å². The maximum absolute atomic E-state index is 5.54. The van der Waals surface area contributed by atoms with Gasteiger partial charge in [0.05, 0.1) is 24.9 Å². The van der Waals surface area contributed by atoms with E-state index in [-0.39, 0.29) is 0 Å². The van der Waals surface area contributed by atoms with Crippen molar-refractivity contribution in [2.45, 2.75) is 13.0 Å². The van der Waals surface area contributed by atoms with Crippen LogP contribution in [0.1, 0.15) is 11.1 Å². The van der Waals surface area contributed by atoms with E-state index in [0.29, 0.717) is 0 Å². The molecule has 19 heavy (non-hydrogen) atoms. The van der Waals surface area contributed by atoms with Crippen molar-refractivity contribution in [3.05, 3.63) is 59.8 Å². The van der Waals surface area contributed by atoms with E-state index in [9.17, 15) is 0 Å². The summed E-state index contributed by atoms with van der Waals surface area (Å²) in [6.45, 7) is 1.62. The van der Waals surface area contributed by atoms with Gasteiger partial charge >= 0.3 is 0 Å². The average molecular weight is 250 g/mol. The molecule has 0 spiro atoms. The highest BCUT2D eigenvalue weighted by molar-refractivity contribution is 5.78. The molecule has 1 aliphatic heterocycles. The summed E-state index contributed by atoms with van der Waals surface area (Å²) in [5, 5.41) is 5.66. The molecular formula is C16H14N2O. The van der Waals surface area contributed by atoms with E-state index in [0.717, 1.165) is 25.3 Å². The van der Waals surface area contributed by atoms with Crippen LogP contribution in [0.4, 0.5) is 0 Å². The zero-order chi connectivity index (χ0) is 12.7. The Morgan fingerprint density at radius 2 is 2.11 bits per heavy atom. The van der Waals surface area contributed by atoms with Crippen LogP contribution in [-0.2, 0) is 13.0 Å². The second-order valence-electron chi connectivity index (χ2n) is 4.90. The Balaban J connectivity index is 1.71. The molecule has 0 amide bonds. The van der Waals surface area contributed by atoms with Crippen molar-refractivity contribution in [1.82, 2.24) is 9.78 Å². The monoisotopic (exact) mass is 250 g/mol. The van der Waals surface area contributed by atoms with Crippen molar-refractivity contribution in [2.75, 3.05) is 6.61 Å². The third kappa shape index (κ3) is 1.78. The maximum atomic E-state index is 5.54. The number of aromatic nitrogens is 2. The Bertz CT molecular complexity index is 745. The Hall–Kier alpha value is -2.29. The lowest BCUT2D eigenvalue weighted by molar-refractivity contribution is 0.357. The van der Waals surface area contributed by atoms with Gasteiger partial charge in [-0.1, -0.05) is 30.3 Å². The fraction of sp³-hybridized carbons (Fsp3) is 0.188. The number of hydrogen-bond acceptors (Lipinski definition) is 2. The zero-order valence-electron chi connectivity index (χ0n) is 10.5. The molecule has 2 heterocycles. The van der Waals surface area contributed by atoms with Gasteiger partial charge < -0.3 is 4.74 Å². The predicted octanol–water partition coefficient (Wildman–Crippen LogP) is 3.02. The first-order chi connectivity index (χ1) is 9.40. The third-order valence-corrected chi connectivity index (χ3v) is 3.64. The lowest BCUT2D eigenvalue weighted by Crippen LogP contribution is -2.01. The molecule has 2 aromatic carbocycles. The molecule has 0 N–H and O–H groups in total. The van der Waals surface area contributed by atoms with Gasteiger partial charge in [-0.15, -0.1) is 0 Å². The van der Waals surface area contributed by atoms with Crippen LogP contribution in [0.15, 0.2) is 48.7 Å². The number of nitrogens with zero attached hydrogens (tertiary/aromatic N) is 2. The summed E-state index contributed by atoms with van der Waals surface area (Å²) in [5.74, 6) is 1.04. The smallest absolute Gasteiger partial charge is 0.122 e. The number of rotatable bonds is 2. The van der Waals surface area contributed by atoms with Gasteiger partial charge in [0.1, 0.15) is 5.75 Å². The summed E-state index contributed by atoms with van der Waals surface area (Å²) in [4.78, 5) is 0. The molecule has 1 aliphatic rings. The van der Waals surface area contributed by atoms with Crippen LogP contribution >= 0.6 is 0 Å². The number of hydrogen-bond donors (Lipinski definition) is 0. The van der Waals surface area contributed by atoms with Crippen molar-refractivity contribution in [1.29, 1.82) is 0 Å². The molecule has 0 bridgehead atoms. The summed E-state index contributed by atoms with van der Waals surface area (Å²) in [6, 6.07) is 14.7. The van der Waals surface area contributed by atoms with Gasteiger partial charge in [-0.2, -0.15) is 5.10 Å². The van der Waals surface area contributed by atoms with Crippen LogP contribution in [-0.4, -0.2) is 16.4 Å². The number of ether oxygens (including phenoxy) is 1. The first-order valence-corrected chi connectivity index (χ1v) is 6.55. The molecule has 3 nitrogen and oxygen atoms in total. The van der Waals surface area contributed by atoms with Gasteiger partial charge in [0.25, 0.3) is 0 Å². The van der Waals surface area contributed by atoms with Crippen molar-refractivity contribution >= 4 is 10.9 Å². The van der Waals surface area contributed by atoms with Gasteiger partial charge in [0.2, 0.25) is 0 Å². The average Bonchev–Trinajstić information content (AvgIpc) is 3.06. The lowest BCUT2D eigenvalue weighted by Gasteiger charge is -2.06. The summed E-state index contributed by atoms with van der Waals surface area (Å²) >= 11 is 0. The molecule has 0 fully saturated rings. The standard InChI is InChI=1S/C16H14N2O/c1-2-4-15-14(3-1)10-17-18(15)11-12-5-6-16-13(9-12)7-8-19-16/h1-6,9-10H,7-8,11H2. The molecule has 0 aliphatic carbocycles. The molecule has 0 atom stereocenters. The van der Waals surface area contributed by atoms with Crippen LogP contribution < -0.4 is 4.74 Å². The number of fused-ring (bicyclic) bond motifs is 2. The second kappa shape index (κ2) is 4.12. The van der Waals surface area contributed by atoms with Crippen LogP contribution in [0.5, 0.6) is 5.75 Å². The number of benzene rings is 2. The van der Waals surface area contributed by atoms with E-state index >= 15 is 0 Å². The third-order valence-electron chi connectivity index (χ3n) is 3.64. The fourth-order valence-electron chi connectivity index (χ4n) is 2.66. The van der Waals surface area contributed by atoms with E-state index in [4.69, 9.17) is 4.74 Å². The summed E-state index contributed by atoms with van der Waals surface area (Å²) in [7, 11) is 0.